The van der Waals surface area contributed by atoms with Crippen molar-refractivity contribution < 1.29 is 23.1 Å². The second-order valence-corrected chi connectivity index (χ2v) is 6.86. The Morgan fingerprint density at radius 2 is 2.10 bits per heavy atom. The van der Waals surface area contributed by atoms with Gasteiger partial charge in [0.05, 0.1) is 35.6 Å². The summed E-state index contributed by atoms with van der Waals surface area (Å²) in [5.41, 5.74) is 5.22. The number of rotatable bonds is 5. The van der Waals surface area contributed by atoms with Crippen LogP contribution in [-0.2, 0) is 0 Å². The van der Waals surface area contributed by atoms with E-state index < -0.39 is 23.9 Å². The van der Waals surface area contributed by atoms with Gasteiger partial charge in [-0.2, -0.15) is 23.5 Å². The topological polar surface area (TPSA) is 130 Å². The number of primary amides is 1. The number of carbonyl (C=O) groups is 1. The summed E-state index contributed by atoms with van der Waals surface area (Å²) in [7, 11) is 0. The van der Waals surface area contributed by atoms with Gasteiger partial charge in [-0.05, 0) is 25.0 Å². The van der Waals surface area contributed by atoms with Crippen LogP contribution in [0.15, 0.2) is 24.5 Å². The SMILES string of the molecule is N#C[C@H]1CCCC[C@@H]1n1cc(C(N)=O)c(Nc2ccc([C@@H](O)C(F)(F)F)nc2)n1. The summed E-state index contributed by atoms with van der Waals surface area (Å²) in [5.74, 6) is -0.854. The number of anilines is 2. The number of aliphatic hydroxyl groups is 1. The maximum atomic E-state index is 12.6. The summed E-state index contributed by atoms with van der Waals surface area (Å²) in [6, 6.07) is 4.38. The van der Waals surface area contributed by atoms with Crippen LogP contribution >= 0.6 is 0 Å². The second kappa shape index (κ2) is 8.08. The first-order valence-electron chi connectivity index (χ1n) is 8.97. The minimum absolute atomic E-state index is 0.0895. The average molecular weight is 408 g/mol. The molecule has 0 saturated heterocycles. The van der Waals surface area contributed by atoms with Crippen LogP contribution in [0.3, 0.4) is 0 Å². The van der Waals surface area contributed by atoms with Gasteiger partial charge in [-0.25, -0.2) is 0 Å². The molecule has 1 aliphatic carbocycles. The van der Waals surface area contributed by atoms with E-state index in [1.54, 1.807) is 4.68 Å². The van der Waals surface area contributed by atoms with Crippen molar-refractivity contribution >= 4 is 17.4 Å². The Labute approximate surface area is 164 Å². The largest absolute Gasteiger partial charge is 0.420 e. The van der Waals surface area contributed by atoms with Crippen molar-refractivity contribution in [1.82, 2.24) is 14.8 Å². The lowest BCUT2D eigenvalue weighted by Crippen LogP contribution is -2.22. The fourth-order valence-corrected chi connectivity index (χ4v) is 3.36. The molecule has 3 rings (SSSR count). The molecule has 0 aromatic carbocycles. The predicted molar refractivity (Wildman–Crippen MR) is 95.9 cm³/mol. The van der Waals surface area contributed by atoms with E-state index in [0.29, 0.717) is 0 Å². The van der Waals surface area contributed by atoms with Crippen molar-refractivity contribution in [3.63, 3.8) is 0 Å². The molecule has 0 unspecified atom stereocenters. The van der Waals surface area contributed by atoms with Gasteiger partial charge in [0.25, 0.3) is 5.91 Å². The van der Waals surface area contributed by atoms with Gasteiger partial charge < -0.3 is 16.2 Å². The van der Waals surface area contributed by atoms with Crippen LogP contribution in [-0.4, -0.2) is 32.0 Å². The van der Waals surface area contributed by atoms with E-state index in [1.807, 2.05) is 0 Å². The Morgan fingerprint density at radius 3 is 2.69 bits per heavy atom. The highest BCUT2D eigenvalue weighted by atomic mass is 19.4. The van der Waals surface area contributed by atoms with Crippen LogP contribution in [0.2, 0.25) is 0 Å². The number of nitrogens with two attached hydrogens (primary N) is 1. The third-order valence-corrected chi connectivity index (χ3v) is 4.87. The molecule has 0 radical (unpaired) electrons. The first-order chi connectivity index (χ1) is 13.7. The van der Waals surface area contributed by atoms with E-state index in [4.69, 9.17) is 5.73 Å². The zero-order chi connectivity index (χ0) is 21.2. The average Bonchev–Trinajstić information content (AvgIpc) is 3.11. The fraction of sp³-hybridized carbons (Fsp3) is 0.444. The van der Waals surface area contributed by atoms with E-state index in [0.717, 1.165) is 37.9 Å². The van der Waals surface area contributed by atoms with Gasteiger partial charge in [0, 0.05) is 6.20 Å². The number of nitrogens with zero attached hydrogens (tertiary/aromatic N) is 4. The molecule has 2 aromatic heterocycles. The molecule has 0 bridgehead atoms. The highest BCUT2D eigenvalue weighted by Crippen LogP contribution is 2.35. The Morgan fingerprint density at radius 1 is 1.38 bits per heavy atom. The minimum Gasteiger partial charge on any atom is -0.378 e. The van der Waals surface area contributed by atoms with Crippen molar-refractivity contribution in [1.29, 1.82) is 5.26 Å². The van der Waals surface area contributed by atoms with Crippen LogP contribution in [0.25, 0.3) is 0 Å². The van der Waals surface area contributed by atoms with Crippen molar-refractivity contribution in [3.8, 4) is 6.07 Å². The summed E-state index contributed by atoms with van der Waals surface area (Å²) in [6.45, 7) is 0. The van der Waals surface area contributed by atoms with Crippen LogP contribution < -0.4 is 11.1 Å². The van der Waals surface area contributed by atoms with E-state index in [1.165, 1.54) is 12.3 Å². The zero-order valence-electron chi connectivity index (χ0n) is 15.2. The highest BCUT2D eigenvalue weighted by Gasteiger charge is 2.40. The lowest BCUT2D eigenvalue weighted by atomic mass is 9.85. The number of hydrogen-bond donors (Lipinski definition) is 3. The van der Waals surface area contributed by atoms with Crippen molar-refractivity contribution in [2.75, 3.05) is 5.32 Å². The van der Waals surface area contributed by atoms with Gasteiger partial charge >= 0.3 is 6.18 Å². The maximum absolute atomic E-state index is 12.6. The Hall–Kier alpha value is -3.13. The summed E-state index contributed by atoms with van der Waals surface area (Å²) in [5, 5.41) is 25.8. The molecule has 1 saturated carbocycles. The number of nitriles is 1. The fourth-order valence-electron chi connectivity index (χ4n) is 3.36. The van der Waals surface area contributed by atoms with Crippen LogP contribution in [0.4, 0.5) is 24.7 Å². The molecule has 154 valence electrons. The van der Waals surface area contributed by atoms with Crippen LogP contribution in [0, 0.1) is 17.2 Å². The molecule has 0 spiro atoms. The Balaban J connectivity index is 1.84. The molecule has 0 aliphatic heterocycles. The monoisotopic (exact) mass is 408 g/mol. The standard InChI is InChI=1S/C18H19F3N6O2/c19-18(20,21)15(28)13-6-5-11(8-24-13)25-17-12(16(23)29)9-27(26-17)14-4-2-1-3-10(14)7-22/h5-6,8-10,14-15,28H,1-4H2,(H2,23,29)(H,25,26)/t10-,14+,15-/m1/s1. The van der Waals surface area contributed by atoms with E-state index in [9.17, 15) is 28.3 Å². The third kappa shape index (κ3) is 4.48. The first-order valence-corrected chi connectivity index (χ1v) is 8.97. The number of pyridine rings is 1. The minimum atomic E-state index is -4.82. The number of carbonyl (C=O) groups excluding carboxylic acids is 1. The molecule has 2 heterocycles. The number of hydrogen-bond acceptors (Lipinski definition) is 6. The van der Waals surface area contributed by atoms with Gasteiger partial charge in [-0.3, -0.25) is 14.5 Å². The van der Waals surface area contributed by atoms with Gasteiger partial charge in [0.2, 0.25) is 0 Å². The molecular weight excluding hydrogens is 389 g/mol. The maximum Gasteiger partial charge on any atom is 0.420 e. The summed E-state index contributed by atoms with van der Waals surface area (Å²) in [4.78, 5) is 15.4. The predicted octanol–water partition coefficient (Wildman–Crippen LogP) is 2.97. The number of aromatic nitrogens is 3. The molecule has 4 N–H and O–H groups in total. The van der Waals surface area contributed by atoms with Gasteiger partial charge in [0.1, 0.15) is 5.56 Å². The molecule has 1 fully saturated rings. The molecule has 3 atom stereocenters. The molecule has 1 aliphatic rings. The number of amides is 1. The Bertz CT molecular complexity index is 919. The Kier molecular flexibility index (Phi) is 5.74. The third-order valence-electron chi connectivity index (χ3n) is 4.87. The van der Waals surface area contributed by atoms with Crippen molar-refractivity contribution in [2.24, 2.45) is 11.7 Å². The van der Waals surface area contributed by atoms with Crippen LogP contribution in [0.5, 0.6) is 0 Å². The molecule has 11 heteroatoms. The van der Waals surface area contributed by atoms with E-state index >= 15 is 0 Å². The van der Waals surface area contributed by atoms with Crippen molar-refractivity contribution in [2.45, 2.75) is 44.0 Å². The molecular formula is C18H19F3N6O2. The van der Waals surface area contributed by atoms with Crippen molar-refractivity contribution in [3.05, 3.63) is 35.8 Å². The van der Waals surface area contributed by atoms with E-state index in [2.05, 4.69) is 21.5 Å². The first kappa shape index (κ1) is 20.6. The van der Waals surface area contributed by atoms with Gasteiger partial charge in [0.15, 0.2) is 11.9 Å². The summed E-state index contributed by atoms with van der Waals surface area (Å²) < 4.78 is 39.3. The van der Waals surface area contributed by atoms with Gasteiger partial charge in [-0.1, -0.05) is 12.8 Å². The summed E-state index contributed by atoms with van der Waals surface area (Å²) in [6.07, 6.45) is -1.59. The normalized spacial score (nSPS) is 20.7. The number of aliphatic hydroxyl groups excluding tert-OH is 1. The highest BCUT2D eigenvalue weighted by molar-refractivity contribution is 5.98. The lowest BCUT2D eigenvalue weighted by molar-refractivity contribution is -0.207. The number of alkyl halides is 3. The van der Waals surface area contributed by atoms with Gasteiger partial charge in [-0.15, -0.1) is 0 Å². The molecule has 29 heavy (non-hydrogen) atoms. The number of nitrogens with one attached hydrogen (secondary N) is 1. The van der Waals surface area contributed by atoms with Crippen LogP contribution in [0.1, 0.15) is 53.9 Å². The lowest BCUT2D eigenvalue weighted by Gasteiger charge is -2.26. The quantitative estimate of drug-likeness (QED) is 0.697. The molecule has 8 nitrogen and oxygen atoms in total. The molecule has 2 aromatic rings. The molecule has 1 amide bonds. The van der Waals surface area contributed by atoms with E-state index in [-0.39, 0.29) is 29.0 Å². The summed E-state index contributed by atoms with van der Waals surface area (Å²) >= 11 is 0. The second-order valence-electron chi connectivity index (χ2n) is 6.86. The zero-order valence-corrected chi connectivity index (χ0v) is 15.2. The smallest absolute Gasteiger partial charge is 0.378 e. The number of halogens is 3.